The maximum atomic E-state index is 12.6. The summed E-state index contributed by atoms with van der Waals surface area (Å²) in [5, 5.41) is 0. The molecule has 0 bridgehead atoms. The maximum Gasteiger partial charge on any atom is 0.231 e. The molecule has 1 amide bonds. The molecule has 0 atom stereocenters. The number of anilines is 1. The predicted molar refractivity (Wildman–Crippen MR) is 95.0 cm³/mol. The Hall–Kier alpha value is -2.14. The molecule has 2 aromatic carbocycles. The molecular weight excluding hydrogens is 322 g/mol. The number of likely N-dealkylation sites (N-methyl/N-ethyl adjacent to an activating group) is 1. The highest BCUT2D eigenvalue weighted by Gasteiger charge is 2.24. The Morgan fingerprint density at radius 2 is 1.88 bits per heavy atom. The number of amides is 1. The van der Waals surface area contributed by atoms with E-state index in [0.717, 1.165) is 23.2 Å². The van der Waals surface area contributed by atoms with Crippen LogP contribution in [0.4, 0.5) is 5.69 Å². The minimum absolute atomic E-state index is 0.0160. The number of nitrogens with zero attached hydrogens (tertiary/aromatic N) is 1. The normalized spacial score (nSPS) is 15.5. The lowest BCUT2D eigenvalue weighted by molar-refractivity contribution is -0.117. The first-order valence-corrected chi connectivity index (χ1v) is 9.86. The molecule has 126 valence electrons. The fraction of sp³-hybridized carbons (Fsp3) is 0.316. The van der Waals surface area contributed by atoms with E-state index in [1.807, 2.05) is 43.3 Å². The Bertz CT molecular complexity index is 844. The number of fused-ring (bicyclic) bond motifs is 1. The molecule has 4 nitrogen and oxygen atoms in total. The van der Waals surface area contributed by atoms with Crippen LogP contribution in [0.3, 0.4) is 0 Å². The van der Waals surface area contributed by atoms with E-state index < -0.39 is 9.84 Å². The maximum absolute atomic E-state index is 12.6. The molecule has 1 aliphatic rings. The average Bonchev–Trinajstić information content (AvgIpc) is 2.56. The molecule has 0 fully saturated rings. The first-order valence-electron chi connectivity index (χ1n) is 8.21. The van der Waals surface area contributed by atoms with Gasteiger partial charge < -0.3 is 4.90 Å². The van der Waals surface area contributed by atoms with Crippen LogP contribution in [0, 0.1) is 0 Å². The molecule has 1 aliphatic heterocycles. The third-order valence-electron chi connectivity index (χ3n) is 4.36. The van der Waals surface area contributed by atoms with Gasteiger partial charge in [0.15, 0.2) is 9.84 Å². The van der Waals surface area contributed by atoms with Crippen molar-refractivity contribution >= 4 is 21.4 Å². The van der Waals surface area contributed by atoms with Gasteiger partial charge in [0, 0.05) is 12.2 Å². The van der Waals surface area contributed by atoms with Crippen molar-refractivity contribution < 1.29 is 13.2 Å². The van der Waals surface area contributed by atoms with Crippen molar-refractivity contribution in [1.29, 1.82) is 0 Å². The topological polar surface area (TPSA) is 54.5 Å². The Morgan fingerprint density at radius 3 is 2.58 bits per heavy atom. The van der Waals surface area contributed by atoms with Crippen molar-refractivity contribution in [3.8, 4) is 0 Å². The van der Waals surface area contributed by atoms with Crippen LogP contribution in [0.2, 0.25) is 0 Å². The number of hydrogen-bond acceptors (Lipinski definition) is 3. The molecule has 0 aliphatic carbocycles. The number of benzene rings is 2. The molecule has 0 N–H and O–H groups in total. The second-order valence-electron chi connectivity index (χ2n) is 6.01. The summed E-state index contributed by atoms with van der Waals surface area (Å²) in [6.07, 6.45) is 1.68. The van der Waals surface area contributed by atoms with Gasteiger partial charge in [-0.05, 0) is 49.1 Å². The predicted octanol–water partition coefficient (Wildman–Crippen LogP) is 3.00. The van der Waals surface area contributed by atoms with Crippen molar-refractivity contribution in [3.05, 3.63) is 59.7 Å². The minimum Gasteiger partial charge on any atom is -0.312 e. The van der Waals surface area contributed by atoms with Gasteiger partial charge in [0.05, 0.1) is 17.1 Å². The zero-order valence-corrected chi connectivity index (χ0v) is 14.6. The van der Waals surface area contributed by atoms with Crippen LogP contribution in [-0.2, 0) is 27.5 Å². The van der Waals surface area contributed by atoms with E-state index >= 15 is 0 Å². The molecule has 0 radical (unpaired) electrons. The van der Waals surface area contributed by atoms with Gasteiger partial charge in [-0.3, -0.25) is 4.79 Å². The fourth-order valence-corrected chi connectivity index (χ4v) is 4.77. The molecule has 0 unspecified atom stereocenters. The van der Waals surface area contributed by atoms with E-state index in [1.165, 1.54) is 0 Å². The van der Waals surface area contributed by atoms with Crippen molar-refractivity contribution in [1.82, 2.24) is 0 Å². The standard InChI is InChI=1S/C19H21NO3S/c1-2-20(17-8-4-3-5-9-17)19(21)14-15-10-11-18-16(13-15)7-6-12-24(18,22)23/h3-5,8-11,13H,2,6-7,12,14H2,1H3. The molecule has 3 rings (SSSR count). The Labute approximate surface area is 143 Å². The first kappa shape index (κ1) is 16.7. The molecule has 0 saturated carbocycles. The Morgan fingerprint density at radius 1 is 1.12 bits per heavy atom. The SMILES string of the molecule is CCN(C(=O)Cc1ccc2c(c1)CCCS2(=O)=O)c1ccccc1. The zero-order valence-electron chi connectivity index (χ0n) is 13.7. The van der Waals surface area contributed by atoms with Crippen molar-refractivity contribution in [2.24, 2.45) is 0 Å². The van der Waals surface area contributed by atoms with Crippen molar-refractivity contribution in [2.45, 2.75) is 31.1 Å². The lowest BCUT2D eigenvalue weighted by Gasteiger charge is -2.22. The average molecular weight is 343 g/mol. The summed E-state index contributed by atoms with van der Waals surface area (Å²) in [5.41, 5.74) is 2.59. The molecule has 0 aromatic heterocycles. The number of carbonyl (C=O) groups is 1. The largest absolute Gasteiger partial charge is 0.312 e. The van der Waals surface area contributed by atoms with Crippen LogP contribution in [0.5, 0.6) is 0 Å². The van der Waals surface area contributed by atoms with Crippen LogP contribution in [0.15, 0.2) is 53.4 Å². The lowest BCUT2D eigenvalue weighted by atomic mass is 10.0. The van der Waals surface area contributed by atoms with Gasteiger partial charge >= 0.3 is 0 Å². The minimum atomic E-state index is -3.15. The van der Waals surface area contributed by atoms with E-state index in [9.17, 15) is 13.2 Å². The van der Waals surface area contributed by atoms with E-state index in [4.69, 9.17) is 0 Å². The zero-order chi connectivity index (χ0) is 17.2. The van der Waals surface area contributed by atoms with Crippen LogP contribution in [0.25, 0.3) is 0 Å². The van der Waals surface area contributed by atoms with Gasteiger partial charge in [-0.2, -0.15) is 0 Å². The third-order valence-corrected chi connectivity index (χ3v) is 6.25. The summed E-state index contributed by atoms with van der Waals surface area (Å²) in [6.45, 7) is 2.55. The summed E-state index contributed by atoms with van der Waals surface area (Å²) in [6, 6.07) is 14.9. The summed E-state index contributed by atoms with van der Waals surface area (Å²) < 4.78 is 24.1. The monoisotopic (exact) mass is 343 g/mol. The number of rotatable bonds is 4. The lowest BCUT2D eigenvalue weighted by Crippen LogP contribution is -2.32. The van der Waals surface area contributed by atoms with Gasteiger partial charge in [0.2, 0.25) is 5.91 Å². The molecule has 1 heterocycles. The third kappa shape index (κ3) is 3.36. The molecular formula is C19H21NO3S. The number of sulfone groups is 1. The second-order valence-corrected chi connectivity index (χ2v) is 8.09. The van der Waals surface area contributed by atoms with E-state index in [0.29, 0.717) is 17.9 Å². The fourth-order valence-electron chi connectivity index (χ4n) is 3.19. The van der Waals surface area contributed by atoms with Gasteiger partial charge in [0.25, 0.3) is 0 Å². The Balaban J connectivity index is 1.82. The summed E-state index contributed by atoms with van der Waals surface area (Å²) in [5.74, 6) is 0.234. The quantitative estimate of drug-likeness (QED) is 0.857. The molecule has 5 heteroatoms. The molecule has 0 spiro atoms. The molecule has 2 aromatic rings. The number of carbonyl (C=O) groups excluding carboxylic acids is 1. The van der Waals surface area contributed by atoms with Gasteiger partial charge in [-0.25, -0.2) is 8.42 Å². The van der Waals surface area contributed by atoms with Crippen LogP contribution >= 0.6 is 0 Å². The molecule has 0 saturated heterocycles. The highest BCUT2D eigenvalue weighted by atomic mass is 32.2. The molecule has 24 heavy (non-hydrogen) atoms. The van der Waals surface area contributed by atoms with Gasteiger partial charge in [0.1, 0.15) is 0 Å². The van der Waals surface area contributed by atoms with Crippen LogP contribution < -0.4 is 4.90 Å². The van der Waals surface area contributed by atoms with Crippen LogP contribution in [-0.4, -0.2) is 26.6 Å². The highest BCUT2D eigenvalue weighted by Crippen LogP contribution is 2.26. The number of para-hydroxylation sites is 1. The Kier molecular flexibility index (Phi) is 4.71. The van der Waals surface area contributed by atoms with E-state index in [1.54, 1.807) is 17.0 Å². The van der Waals surface area contributed by atoms with Crippen molar-refractivity contribution in [2.75, 3.05) is 17.2 Å². The summed E-state index contributed by atoms with van der Waals surface area (Å²) >= 11 is 0. The highest BCUT2D eigenvalue weighted by molar-refractivity contribution is 7.91. The number of hydrogen-bond donors (Lipinski definition) is 0. The summed E-state index contributed by atoms with van der Waals surface area (Å²) in [7, 11) is -3.15. The van der Waals surface area contributed by atoms with Gasteiger partial charge in [-0.1, -0.05) is 30.3 Å². The first-order chi connectivity index (χ1) is 11.5. The van der Waals surface area contributed by atoms with Gasteiger partial charge in [-0.15, -0.1) is 0 Å². The summed E-state index contributed by atoms with van der Waals surface area (Å²) in [4.78, 5) is 14.8. The number of aryl methyl sites for hydroxylation is 1. The second kappa shape index (κ2) is 6.77. The van der Waals surface area contributed by atoms with E-state index in [2.05, 4.69) is 0 Å². The van der Waals surface area contributed by atoms with Crippen molar-refractivity contribution in [3.63, 3.8) is 0 Å². The smallest absolute Gasteiger partial charge is 0.231 e. The van der Waals surface area contributed by atoms with E-state index in [-0.39, 0.29) is 18.1 Å². The van der Waals surface area contributed by atoms with Crippen LogP contribution in [0.1, 0.15) is 24.5 Å².